The molecule has 1 fully saturated rings. The Kier molecular flexibility index (Phi) is 5.01. The van der Waals surface area contributed by atoms with Crippen molar-refractivity contribution < 1.29 is 27.7 Å². The highest BCUT2D eigenvalue weighted by molar-refractivity contribution is 7.90. The molecule has 1 N–H and O–H groups in total. The van der Waals surface area contributed by atoms with Crippen molar-refractivity contribution in [3.05, 3.63) is 58.1 Å². The molecule has 2 amide bonds. The first-order valence-corrected chi connectivity index (χ1v) is 9.91. The van der Waals surface area contributed by atoms with Crippen molar-refractivity contribution in [3.8, 4) is 0 Å². The van der Waals surface area contributed by atoms with E-state index in [4.69, 9.17) is 4.74 Å². The number of nitro groups is 1. The maximum Gasteiger partial charge on any atom is 0.414 e. The second-order valence-electron chi connectivity index (χ2n) is 5.95. The minimum Gasteiger partial charge on any atom is -0.447 e. The Morgan fingerprint density at radius 2 is 1.96 bits per heavy atom. The fraction of sp³-hybridized carbons (Fsp3) is 0.176. The van der Waals surface area contributed by atoms with Gasteiger partial charge in [0.25, 0.3) is 11.6 Å². The molecule has 0 radical (unpaired) electrons. The van der Waals surface area contributed by atoms with Crippen LogP contribution >= 0.6 is 0 Å². The van der Waals surface area contributed by atoms with Gasteiger partial charge in [-0.25, -0.2) is 13.2 Å². The highest BCUT2D eigenvalue weighted by atomic mass is 32.2. The van der Waals surface area contributed by atoms with Crippen LogP contribution in [0, 0.1) is 10.1 Å². The van der Waals surface area contributed by atoms with Crippen LogP contribution in [0.15, 0.2) is 47.4 Å². The highest BCUT2D eigenvalue weighted by Gasteiger charge is 2.27. The number of amides is 2. The van der Waals surface area contributed by atoms with Crippen molar-refractivity contribution in [2.75, 3.05) is 29.6 Å². The van der Waals surface area contributed by atoms with Crippen LogP contribution in [0.4, 0.5) is 21.9 Å². The van der Waals surface area contributed by atoms with Crippen LogP contribution in [0.1, 0.15) is 10.4 Å². The van der Waals surface area contributed by atoms with Gasteiger partial charge in [-0.3, -0.25) is 19.8 Å². The van der Waals surface area contributed by atoms with E-state index >= 15 is 0 Å². The summed E-state index contributed by atoms with van der Waals surface area (Å²) in [6.07, 6.45) is 0.301. The number of ether oxygens (including phenoxy) is 1. The predicted molar refractivity (Wildman–Crippen MR) is 99.3 cm³/mol. The van der Waals surface area contributed by atoms with Crippen LogP contribution in [0.25, 0.3) is 0 Å². The maximum atomic E-state index is 12.6. The average molecular weight is 405 g/mol. The first-order valence-electron chi connectivity index (χ1n) is 8.01. The number of carbonyl (C=O) groups is 2. The summed E-state index contributed by atoms with van der Waals surface area (Å²) in [6.45, 7) is 0.542. The average Bonchev–Trinajstić information content (AvgIpc) is 3.06. The first-order chi connectivity index (χ1) is 13.2. The van der Waals surface area contributed by atoms with Crippen LogP contribution in [0.2, 0.25) is 0 Å². The van der Waals surface area contributed by atoms with Crippen molar-refractivity contribution in [2.45, 2.75) is 4.90 Å². The third kappa shape index (κ3) is 3.78. The van der Waals surface area contributed by atoms with E-state index in [-0.39, 0.29) is 12.2 Å². The summed E-state index contributed by atoms with van der Waals surface area (Å²) in [7, 11) is -3.84. The number of anilines is 2. The Balaban J connectivity index is 1.94. The molecular weight excluding hydrogens is 390 g/mol. The van der Waals surface area contributed by atoms with E-state index in [1.54, 1.807) is 24.3 Å². The van der Waals surface area contributed by atoms with Crippen LogP contribution in [0.5, 0.6) is 0 Å². The Bertz CT molecular complexity index is 1080. The number of nitrogens with one attached hydrogen (secondary N) is 1. The maximum absolute atomic E-state index is 12.6. The number of hydrogen-bond donors (Lipinski definition) is 1. The summed E-state index contributed by atoms with van der Waals surface area (Å²) < 4.78 is 28.3. The molecule has 1 heterocycles. The monoisotopic (exact) mass is 405 g/mol. The molecule has 1 aliphatic heterocycles. The lowest BCUT2D eigenvalue weighted by atomic mass is 10.1. The second kappa shape index (κ2) is 7.27. The third-order valence-corrected chi connectivity index (χ3v) is 5.17. The number of carbonyl (C=O) groups excluding carboxylic acids is 2. The van der Waals surface area contributed by atoms with Gasteiger partial charge in [-0.2, -0.15) is 0 Å². The van der Waals surface area contributed by atoms with Crippen molar-refractivity contribution >= 4 is 38.9 Å². The van der Waals surface area contributed by atoms with Crippen LogP contribution in [-0.2, 0) is 14.6 Å². The van der Waals surface area contributed by atoms with E-state index < -0.39 is 37.3 Å². The lowest BCUT2D eigenvalue weighted by Crippen LogP contribution is -2.25. The van der Waals surface area contributed by atoms with Crippen LogP contribution in [0.3, 0.4) is 0 Å². The Hall–Kier alpha value is -3.47. The Labute approximate surface area is 159 Å². The summed E-state index contributed by atoms with van der Waals surface area (Å²) in [5.41, 5.74) is -0.0637. The van der Waals surface area contributed by atoms with Gasteiger partial charge >= 0.3 is 6.09 Å². The largest absolute Gasteiger partial charge is 0.447 e. The summed E-state index contributed by atoms with van der Waals surface area (Å²) in [4.78, 5) is 35.6. The molecule has 2 aromatic carbocycles. The summed E-state index contributed by atoms with van der Waals surface area (Å²) in [6, 6.07) is 9.63. The molecule has 0 aliphatic carbocycles. The fourth-order valence-electron chi connectivity index (χ4n) is 2.74. The lowest BCUT2D eigenvalue weighted by Gasteiger charge is -2.17. The number of para-hydroxylation sites is 2. The number of nitro benzene ring substituents is 1. The normalized spacial score (nSPS) is 13.9. The number of nitrogens with zero attached hydrogens (tertiary/aromatic N) is 2. The van der Waals surface area contributed by atoms with E-state index in [0.29, 0.717) is 17.9 Å². The highest BCUT2D eigenvalue weighted by Crippen LogP contribution is 2.29. The number of hydrogen-bond acceptors (Lipinski definition) is 7. The van der Waals surface area contributed by atoms with Crippen LogP contribution < -0.4 is 10.2 Å². The van der Waals surface area contributed by atoms with E-state index in [1.807, 2.05) is 0 Å². The number of benzene rings is 2. The van der Waals surface area contributed by atoms with Gasteiger partial charge in [0.05, 0.1) is 22.8 Å². The van der Waals surface area contributed by atoms with E-state index in [1.165, 1.54) is 11.0 Å². The van der Waals surface area contributed by atoms with Crippen molar-refractivity contribution in [1.29, 1.82) is 0 Å². The molecule has 0 aromatic heterocycles. The molecule has 0 unspecified atom stereocenters. The fourth-order valence-corrected chi connectivity index (χ4v) is 3.56. The van der Waals surface area contributed by atoms with Crippen molar-refractivity contribution in [2.24, 2.45) is 0 Å². The Morgan fingerprint density at radius 1 is 1.25 bits per heavy atom. The molecule has 1 saturated heterocycles. The zero-order valence-corrected chi connectivity index (χ0v) is 15.4. The standard InChI is InChI=1S/C17H15N3O7S/c1-28(25,26)15-7-6-11(10-14(15)20(23)24)16(21)18-12-4-2-3-5-13(12)19-8-9-27-17(19)22/h2-7,10H,8-9H2,1H3,(H,18,21). The second-order valence-corrected chi connectivity index (χ2v) is 7.93. The molecule has 0 bridgehead atoms. The molecular formula is C17H15N3O7S. The van der Waals surface area contributed by atoms with Gasteiger partial charge in [0.15, 0.2) is 9.84 Å². The first kappa shape index (κ1) is 19.3. The Morgan fingerprint density at radius 3 is 2.57 bits per heavy atom. The minimum atomic E-state index is -3.84. The summed E-state index contributed by atoms with van der Waals surface area (Å²) in [5, 5.41) is 13.8. The van der Waals surface area contributed by atoms with E-state index in [2.05, 4.69) is 5.32 Å². The molecule has 28 heavy (non-hydrogen) atoms. The van der Waals surface area contributed by atoms with Gasteiger partial charge in [0, 0.05) is 17.9 Å². The van der Waals surface area contributed by atoms with E-state index in [0.717, 1.165) is 18.4 Å². The molecule has 11 heteroatoms. The molecule has 0 spiro atoms. The minimum absolute atomic E-state index is 0.0992. The molecule has 2 aromatic rings. The quantitative estimate of drug-likeness (QED) is 0.595. The summed E-state index contributed by atoms with van der Waals surface area (Å²) >= 11 is 0. The van der Waals surface area contributed by atoms with E-state index in [9.17, 15) is 28.1 Å². The molecule has 146 valence electrons. The topological polar surface area (TPSA) is 136 Å². The van der Waals surface area contributed by atoms with Gasteiger partial charge in [-0.15, -0.1) is 0 Å². The SMILES string of the molecule is CS(=O)(=O)c1ccc(C(=O)Nc2ccccc2N2CCOC2=O)cc1[N+](=O)[O-]. The molecule has 10 nitrogen and oxygen atoms in total. The number of sulfone groups is 1. The van der Waals surface area contributed by atoms with Gasteiger partial charge < -0.3 is 10.1 Å². The van der Waals surface area contributed by atoms with Crippen molar-refractivity contribution in [1.82, 2.24) is 0 Å². The summed E-state index contributed by atoms with van der Waals surface area (Å²) in [5.74, 6) is -0.692. The molecule has 1 aliphatic rings. The predicted octanol–water partition coefficient (Wildman–Crippen LogP) is 2.21. The molecule has 3 rings (SSSR count). The number of rotatable bonds is 5. The smallest absolute Gasteiger partial charge is 0.414 e. The van der Waals surface area contributed by atoms with Gasteiger partial charge in [0.1, 0.15) is 11.5 Å². The van der Waals surface area contributed by atoms with Crippen molar-refractivity contribution in [3.63, 3.8) is 0 Å². The third-order valence-electron chi connectivity index (χ3n) is 4.02. The van der Waals surface area contributed by atoms with Crippen LogP contribution in [-0.4, -0.2) is 44.7 Å². The van der Waals surface area contributed by atoms with Gasteiger partial charge in [-0.05, 0) is 24.3 Å². The molecule has 0 atom stereocenters. The zero-order chi connectivity index (χ0) is 20.5. The zero-order valence-electron chi connectivity index (χ0n) is 14.6. The number of cyclic esters (lactones) is 1. The van der Waals surface area contributed by atoms with Gasteiger partial charge in [-0.1, -0.05) is 12.1 Å². The lowest BCUT2D eigenvalue weighted by molar-refractivity contribution is -0.387. The van der Waals surface area contributed by atoms with Gasteiger partial charge in [0.2, 0.25) is 0 Å². The molecule has 0 saturated carbocycles.